The summed E-state index contributed by atoms with van der Waals surface area (Å²) in [6, 6.07) is 11.1. The Hall–Kier alpha value is -5.09. The highest BCUT2D eigenvalue weighted by Gasteiger charge is 2.34. The van der Waals surface area contributed by atoms with Crippen molar-refractivity contribution in [2.75, 3.05) is 40.6 Å². The number of methoxy groups -OCH3 is 2. The summed E-state index contributed by atoms with van der Waals surface area (Å²) in [6.07, 6.45) is 1.63. The fourth-order valence-electron chi connectivity index (χ4n) is 4.59. The van der Waals surface area contributed by atoms with Crippen molar-refractivity contribution in [2.45, 2.75) is 26.8 Å². The van der Waals surface area contributed by atoms with Gasteiger partial charge in [-0.2, -0.15) is 5.26 Å². The molecule has 12 nitrogen and oxygen atoms in total. The first-order valence-electron chi connectivity index (χ1n) is 13.6. The number of ether oxygens (including phenoxy) is 6. The minimum absolute atomic E-state index is 0.124. The lowest BCUT2D eigenvalue weighted by Crippen LogP contribution is -2.40. The molecule has 0 spiro atoms. The summed E-state index contributed by atoms with van der Waals surface area (Å²) in [7, 11) is 2.74. The van der Waals surface area contributed by atoms with Gasteiger partial charge in [0, 0.05) is 5.56 Å². The van der Waals surface area contributed by atoms with Gasteiger partial charge in [-0.3, -0.25) is 9.36 Å². The lowest BCUT2D eigenvalue weighted by molar-refractivity contribution is -0.143. The molecule has 1 aliphatic rings. The van der Waals surface area contributed by atoms with E-state index in [-0.39, 0.29) is 37.8 Å². The third-order valence-electron chi connectivity index (χ3n) is 6.47. The number of hydrogen-bond donors (Lipinski definition) is 0. The minimum atomic E-state index is -0.916. The number of fused-ring (bicyclic) bond motifs is 1. The second kappa shape index (κ2) is 14.4. The van der Waals surface area contributed by atoms with Crippen molar-refractivity contribution in [3.8, 4) is 29.1 Å². The normalized spacial score (nSPS) is 14.2. The van der Waals surface area contributed by atoms with Crippen LogP contribution in [-0.2, 0) is 19.1 Å². The van der Waals surface area contributed by atoms with Gasteiger partial charge in [0.05, 0.1) is 49.3 Å². The van der Waals surface area contributed by atoms with Crippen LogP contribution in [0, 0.1) is 11.3 Å². The van der Waals surface area contributed by atoms with E-state index in [1.54, 1.807) is 63.2 Å². The van der Waals surface area contributed by atoms with Crippen molar-refractivity contribution in [1.29, 1.82) is 5.26 Å². The zero-order valence-electron chi connectivity index (χ0n) is 24.9. The average molecular weight is 622 g/mol. The maximum atomic E-state index is 14.1. The number of aromatic nitrogens is 1. The molecule has 2 aromatic carbocycles. The summed E-state index contributed by atoms with van der Waals surface area (Å²) in [6.45, 7) is 5.04. The van der Waals surface area contributed by atoms with E-state index in [2.05, 4.69) is 9.73 Å². The van der Waals surface area contributed by atoms with Gasteiger partial charge in [0.2, 0.25) is 0 Å². The Balaban J connectivity index is 1.92. The van der Waals surface area contributed by atoms with Crippen LogP contribution < -0.4 is 33.8 Å². The largest absolute Gasteiger partial charge is 0.493 e. The summed E-state index contributed by atoms with van der Waals surface area (Å²) in [4.78, 5) is 44.0. The topological polar surface area (TPSA) is 148 Å². The highest BCUT2D eigenvalue weighted by Crippen LogP contribution is 2.37. The van der Waals surface area contributed by atoms with Crippen molar-refractivity contribution in [1.82, 2.24) is 4.57 Å². The van der Waals surface area contributed by atoms with E-state index in [4.69, 9.17) is 28.9 Å². The third-order valence-corrected chi connectivity index (χ3v) is 7.45. The van der Waals surface area contributed by atoms with Crippen molar-refractivity contribution in [3.63, 3.8) is 0 Å². The van der Waals surface area contributed by atoms with Gasteiger partial charge >= 0.3 is 11.9 Å². The fraction of sp³-hybridized carbons (Fsp3) is 0.323. The number of nitrogens with zero attached hydrogens (tertiary/aromatic N) is 3. The van der Waals surface area contributed by atoms with Crippen molar-refractivity contribution in [2.24, 2.45) is 4.99 Å². The number of para-hydroxylation sites is 1. The van der Waals surface area contributed by atoms with Gasteiger partial charge < -0.3 is 28.4 Å². The molecule has 1 aliphatic heterocycles. The molecule has 0 aliphatic carbocycles. The Kier molecular flexibility index (Phi) is 10.4. The molecule has 0 saturated heterocycles. The molecule has 13 heteroatoms. The minimum Gasteiger partial charge on any atom is -0.493 e. The van der Waals surface area contributed by atoms with E-state index in [0.717, 1.165) is 11.3 Å². The number of carbonyl (C=O) groups excluding carboxylic acids is 2. The second-order valence-corrected chi connectivity index (χ2v) is 10.1. The number of carbonyl (C=O) groups is 2. The molecule has 4 rings (SSSR count). The molecule has 1 aromatic heterocycles. The Morgan fingerprint density at radius 3 is 2.55 bits per heavy atom. The second-order valence-electron chi connectivity index (χ2n) is 9.13. The molecule has 0 bridgehead atoms. The maximum absolute atomic E-state index is 14.1. The molecular formula is C31H31N3O9S. The first kappa shape index (κ1) is 31.8. The number of rotatable bonds is 12. The molecular weight excluding hydrogens is 590 g/mol. The number of esters is 2. The van der Waals surface area contributed by atoms with E-state index in [0.29, 0.717) is 43.4 Å². The molecule has 0 amide bonds. The van der Waals surface area contributed by atoms with E-state index in [9.17, 15) is 14.4 Å². The lowest BCUT2D eigenvalue weighted by atomic mass is 9.95. The average Bonchev–Trinajstić information content (AvgIpc) is 3.32. The van der Waals surface area contributed by atoms with Gasteiger partial charge in [0.15, 0.2) is 41.0 Å². The maximum Gasteiger partial charge on any atom is 0.343 e. The van der Waals surface area contributed by atoms with Crippen LogP contribution in [0.15, 0.2) is 57.5 Å². The quantitative estimate of drug-likeness (QED) is 0.277. The number of hydrogen-bond acceptors (Lipinski definition) is 12. The van der Waals surface area contributed by atoms with Gasteiger partial charge in [-0.15, -0.1) is 0 Å². The Morgan fingerprint density at radius 1 is 1.07 bits per heavy atom. The fourth-order valence-corrected chi connectivity index (χ4v) is 5.63. The Labute approximate surface area is 257 Å². The van der Waals surface area contributed by atoms with Gasteiger partial charge in [-0.25, -0.2) is 14.6 Å². The van der Waals surface area contributed by atoms with Gasteiger partial charge in [0.25, 0.3) is 5.56 Å². The van der Waals surface area contributed by atoms with Crippen LogP contribution in [0.4, 0.5) is 0 Å². The summed E-state index contributed by atoms with van der Waals surface area (Å²) in [5.41, 5.74) is 1.23. The smallest absolute Gasteiger partial charge is 0.343 e. The Morgan fingerprint density at radius 2 is 1.86 bits per heavy atom. The number of allylic oxidation sites excluding steroid dienone is 1. The highest BCUT2D eigenvalue weighted by molar-refractivity contribution is 7.07. The molecule has 0 saturated carbocycles. The van der Waals surface area contributed by atoms with Crippen molar-refractivity contribution < 1.29 is 38.0 Å². The molecule has 44 heavy (non-hydrogen) atoms. The Bertz CT molecular complexity index is 1820. The monoisotopic (exact) mass is 621 g/mol. The predicted molar refractivity (Wildman–Crippen MR) is 160 cm³/mol. The molecule has 0 radical (unpaired) electrons. The summed E-state index contributed by atoms with van der Waals surface area (Å²) in [5.74, 6) is 0.129. The van der Waals surface area contributed by atoms with Crippen LogP contribution in [0.2, 0.25) is 0 Å². The summed E-state index contributed by atoms with van der Waals surface area (Å²) < 4.78 is 34.2. The van der Waals surface area contributed by atoms with E-state index < -0.39 is 23.5 Å². The van der Waals surface area contributed by atoms with Crippen LogP contribution in [0.3, 0.4) is 0 Å². The van der Waals surface area contributed by atoms with Crippen LogP contribution in [0.1, 0.15) is 37.9 Å². The molecule has 0 N–H and O–H groups in total. The standard InChI is InChI=1S/C31H31N3O9S/c1-6-40-23-15-19(11-12-21(23)43-17-25(35)39-5)27-26(30(37)41-7-2)18(3)33-31-34(27)29(36)24(44-31)16-20-9-8-10-22(38-4)28(20)42-14-13-32/h8-12,15-16,27H,6-7,14,17H2,1-5H3/b24-16+/t27-/m1/s1. The lowest BCUT2D eigenvalue weighted by Gasteiger charge is -2.25. The molecule has 1 atom stereocenters. The van der Waals surface area contributed by atoms with E-state index in [1.807, 2.05) is 6.07 Å². The van der Waals surface area contributed by atoms with Gasteiger partial charge in [0.1, 0.15) is 6.07 Å². The zero-order chi connectivity index (χ0) is 31.8. The van der Waals surface area contributed by atoms with E-state index >= 15 is 0 Å². The zero-order valence-corrected chi connectivity index (χ0v) is 25.7. The van der Waals surface area contributed by atoms with Gasteiger partial charge in [-0.05, 0) is 50.6 Å². The molecule has 230 valence electrons. The van der Waals surface area contributed by atoms with Gasteiger partial charge in [-0.1, -0.05) is 29.5 Å². The van der Waals surface area contributed by atoms with Crippen LogP contribution in [0.5, 0.6) is 23.0 Å². The molecule has 3 aromatic rings. The van der Waals surface area contributed by atoms with E-state index in [1.165, 1.54) is 18.8 Å². The third kappa shape index (κ3) is 6.60. The molecule has 0 unspecified atom stereocenters. The number of nitriles is 1. The van der Waals surface area contributed by atoms with Crippen molar-refractivity contribution >= 4 is 29.4 Å². The highest BCUT2D eigenvalue weighted by atomic mass is 32.1. The number of benzene rings is 2. The SMILES string of the molecule is CCOC(=O)C1=C(C)N=c2s/c(=C/c3cccc(OC)c3OCC#N)c(=O)n2[C@@H]1c1ccc(OCC(=O)OC)c(OCC)c1. The van der Waals surface area contributed by atoms with Crippen LogP contribution in [-0.4, -0.2) is 57.2 Å². The summed E-state index contributed by atoms with van der Waals surface area (Å²) in [5, 5.41) is 9.06. The van der Waals surface area contributed by atoms with Crippen LogP contribution in [0.25, 0.3) is 6.08 Å². The van der Waals surface area contributed by atoms with Crippen molar-refractivity contribution in [3.05, 3.63) is 78.5 Å². The number of thiazole rings is 1. The summed E-state index contributed by atoms with van der Waals surface area (Å²) >= 11 is 1.14. The first-order valence-corrected chi connectivity index (χ1v) is 14.4. The van der Waals surface area contributed by atoms with Crippen LogP contribution >= 0.6 is 11.3 Å². The molecule has 0 fully saturated rings. The predicted octanol–water partition coefficient (Wildman–Crippen LogP) is 2.66. The molecule has 2 heterocycles. The first-order chi connectivity index (χ1) is 21.3.